The molecule has 1 aromatic carbocycles. The van der Waals surface area contributed by atoms with E-state index >= 15 is 0 Å². The maximum Gasteiger partial charge on any atom is 0.439 e. The van der Waals surface area contributed by atoms with E-state index in [1.54, 1.807) is 24.3 Å². The summed E-state index contributed by atoms with van der Waals surface area (Å²) in [6, 6.07) is 7.11. The van der Waals surface area contributed by atoms with Crippen LogP contribution >= 0.6 is 11.3 Å². The van der Waals surface area contributed by atoms with Gasteiger partial charge in [0.15, 0.2) is 0 Å². The third-order valence-corrected chi connectivity index (χ3v) is 5.86. The monoisotopic (exact) mass is 355 g/mol. The molecule has 2 aliphatic rings. The van der Waals surface area contributed by atoms with Crippen molar-refractivity contribution in [2.75, 3.05) is 5.01 Å². The van der Waals surface area contributed by atoms with Gasteiger partial charge in [-0.3, -0.25) is 0 Å². The Hall–Kier alpha value is -1.67. The van der Waals surface area contributed by atoms with E-state index in [0.29, 0.717) is 22.7 Å². The molecule has 1 N–H and O–H groups in total. The SMILES string of the molecule is C[C@H]1CCC2=NN(c3nc4ccccc4s3)[C@](O)(C(F)(F)F)[C@@H]2C1. The smallest absolute Gasteiger partial charge is 0.362 e. The van der Waals surface area contributed by atoms with Gasteiger partial charge in [-0.05, 0) is 37.3 Å². The molecule has 0 bridgehead atoms. The minimum Gasteiger partial charge on any atom is -0.362 e. The third-order valence-electron chi connectivity index (χ3n) is 4.85. The van der Waals surface area contributed by atoms with Gasteiger partial charge in [0, 0.05) is 5.71 Å². The first-order valence-corrected chi connectivity index (χ1v) is 8.64. The van der Waals surface area contributed by atoms with Gasteiger partial charge in [0.1, 0.15) is 0 Å². The molecule has 2 heterocycles. The van der Waals surface area contributed by atoms with Crippen LogP contribution in [0.25, 0.3) is 10.2 Å². The number of thiazole rings is 1. The first kappa shape index (κ1) is 15.8. The van der Waals surface area contributed by atoms with Gasteiger partial charge in [-0.15, -0.1) is 0 Å². The number of hydrogen-bond donors (Lipinski definition) is 1. The second-order valence-electron chi connectivity index (χ2n) is 6.52. The van der Waals surface area contributed by atoms with Crippen molar-refractivity contribution in [2.45, 2.75) is 38.1 Å². The molecule has 0 saturated heterocycles. The predicted octanol–water partition coefficient (Wildman–Crippen LogP) is 4.16. The molecule has 0 radical (unpaired) electrons. The predicted molar refractivity (Wildman–Crippen MR) is 87.0 cm³/mol. The number of nitrogens with zero attached hydrogens (tertiary/aromatic N) is 3. The topological polar surface area (TPSA) is 48.7 Å². The molecule has 0 amide bonds. The van der Waals surface area contributed by atoms with Crippen molar-refractivity contribution < 1.29 is 18.3 Å². The van der Waals surface area contributed by atoms with E-state index < -0.39 is 17.8 Å². The van der Waals surface area contributed by atoms with Crippen LogP contribution in [0.5, 0.6) is 0 Å². The number of para-hydroxylation sites is 1. The Morgan fingerprint density at radius 3 is 2.79 bits per heavy atom. The van der Waals surface area contributed by atoms with Gasteiger partial charge in [0.05, 0.1) is 16.1 Å². The summed E-state index contributed by atoms with van der Waals surface area (Å²) < 4.78 is 42.3. The molecule has 4 rings (SSSR count). The van der Waals surface area contributed by atoms with Gasteiger partial charge >= 0.3 is 6.18 Å². The lowest BCUT2D eigenvalue weighted by molar-refractivity contribution is -0.269. The van der Waals surface area contributed by atoms with Crippen molar-refractivity contribution in [1.82, 2.24) is 4.98 Å². The number of halogens is 3. The number of rotatable bonds is 1. The molecule has 128 valence electrons. The first-order valence-electron chi connectivity index (χ1n) is 7.83. The number of benzene rings is 1. The zero-order valence-electron chi connectivity index (χ0n) is 12.9. The summed E-state index contributed by atoms with van der Waals surface area (Å²) in [7, 11) is 0. The molecule has 3 atom stereocenters. The summed E-state index contributed by atoms with van der Waals surface area (Å²) in [5.41, 5.74) is -2.00. The highest BCUT2D eigenvalue weighted by Gasteiger charge is 2.68. The number of anilines is 1. The van der Waals surface area contributed by atoms with Crippen molar-refractivity contribution in [3.8, 4) is 0 Å². The van der Waals surface area contributed by atoms with Crippen LogP contribution in [-0.2, 0) is 0 Å². The first-order chi connectivity index (χ1) is 11.3. The van der Waals surface area contributed by atoms with Crippen molar-refractivity contribution >= 4 is 32.4 Å². The second-order valence-corrected chi connectivity index (χ2v) is 7.53. The van der Waals surface area contributed by atoms with Crippen LogP contribution in [-0.4, -0.2) is 27.7 Å². The lowest BCUT2D eigenvalue weighted by atomic mass is 9.76. The van der Waals surface area contributed by atoms with E-state index in [9.17, 15) is 18.3 Å². The number of hydrazone groups is 1. The Morgan fingerprint density at radius 2 is 2.08 bits per heavy atom. The van der Waals surface area contributed by atoms with E-state index in [1.165, 1.54) is 0 Å². The van der Waals surface area contributed by atoms with Gasteiger partial charge in [0.2, 0.25) is 5.13 Å². The van der Waals surface area contributed by atoms with Gasteiger partial charge in [-0.2, -0.15) is 23.3 Å². The largest absolute Gasteiger partial charge is 0.439 e. The second kappa shape index (κ2) is 5.16. The van der Waals surface area contributed by atoms with Gasteiger partial charge in [-0.25, -0.2) is 4.98 Å². The minimum absolute atomic E-state index is 0.0746. The highest BCUT2D eigenvalue weighted by Crippen LogP contribution is 2.51. The average molecular weight is 355 g/mol. The van der Waals surface area contributed by atoms with Gasteiger partial charge < -0.3 is 5.11 Å². The Morgan fingerprint density at radius 1 is 1.33 bits per heavy atom. The van der Waals surface area contributed by atoms with E-state index in [4.69, 9.17) is 0 Å². The summed E-state index contributed by atoms with van der Waals surface area (Å²) in [6.45, 7) is 1.91. The van der Waals surface area contributed by atoms with Crippen LogP contribution in [0.2, 0.25) is 0 Å². The molecule has 1 aromatic heterocycles. The van der Waals surface area contributed by atoms with E-state index in [-0.39, 0.29) is 17.5 Å². The molecule has 1 fully saturated rings. The number of hydrogen-bond acceptors (Lipinski definition) is 5. The van der Waals surface area contributed by atoms with Gasteiger partial charge in [0.25, 0.3) is 5.72 Å². The van der Waals surface area contributed by atoms with Crippen LogP contribution < -0.4 is 5.01 Å². The zero-order valence-corrected chi connectivity index (χ0v) is 13.7. The highest BCUT2D eigenvalue weighted by atomic mass is 32.1. The lowest BCUT2D eigenvalue weighted by Crippen LogP contribution is -2.60. The average Bonchev–Trinajstić information content (AvgIpc) is 3.07. The molecule has 1 aliphatic carbocycles. The normalized spacial score (nSPS) is 30.5. The fourth-order valence-corrected chi connectivity index (χ4v) is 4.52. The molecule has 8 heteroatoms. The van der Waals surface area contributed by atoms with Crippen molar-refractivity contribution in [1.29, 1.82) is 0 Å². The minimum atomic E-state index is -4.82. The summed E-state index contributed by atoms with van der Waals surface area (Å²) in [5.74, 6) is -0.911. The number of aliphatic hydroxyl groups is 1. The lowest BCUT2D eigenvalue weighted by Gasteiger charge is -2.39. The van der Waals surface area contributed by atoms with E-state index in [0.717, 1.165) is 22.5 Å². The fourth-order valence-electron chi connectivity index (χ4n) is 3.55. The van der Waals surface area contributed by atoms with Crippen LogP contribution in [0.3, 0.4) is 0 Å². The standard InChI is InChI=1S/C16H16F3N3OS/c1-9-6-7-11-10(8-9)15(23,16(17,18)19)22(21-11)14-20-12-4-2-3-5-13(12)24-14/h2-5,9-10,23H,6-8H2,1H3/t9-,10+,15+/m0/s1. The molecule has 1 aliphatic heterocycles. The molecule has 24 heavy (non-hydrogen) atoms. The summed E-state index contributed by atoms with van der Waals surface area (Å²) in [5, 5.41) is 15.7. The summed E-state index contributed by atoms with van der Waals surface area (Å²) >= 11 is 1.11. The number of alkyl halides is 3. The Balaban J connectivity index is 1.84. The van der Waals surface area contributed by atoms with Crippen molar-refractivity contribution in [3.05, 3.63) is 24.3 Å². The zero-order chi connectivity index (χ0) is 17.1. The maximum atomic E-state index is 13.8. The highest BCUT2D eigenvalue weighted by molar-refractivity contribution is 7.22. The molecule has 0 spiro atoms. The molecular weight excluding hydrogens is 339 g/mol. The quantitative estimate of drug-likeness (QED) is 0.836. The van der Waals surface area contributed by atoms with Crippen molar-refractivity contribution in [3.63, 3.8) is 0 Å². The van der Waals surface area contributed by atoms with Crippen LogP contribution in [0.15, 0.2) is 29.4 Å². The van der Waals surface area contributed by atoms with Crippen molar-refractivity contribution in [2.24, 2.45) is 16.9 Å². The number of fused-ring (bicyclic) bond motifs is 2. The number of aromatic nitrogens is 1. The Labute approximate surface area is 140 Å². The summed E-state index contributed by atoms with van der Waals surface area (Å²) in [4.78, 5) is 4.26. The molecule has 4 nitrogen and oxygen atoms in total. The van der Waals surface area contributed by atoms with Gasteiger partial charge in [-0.1, -0.05) is 30.4 Å². The third kappa shape index (κ3) is 2.16. The van der Waals surface area contributed by atoms with Crippen LogP contribution in [0.4, 0.5) is 18.3 Å². The molecule has 1 saturated carbocycles. The maximum absolute atomic E-state index is 13.8. The Kier molecular flexibility index (Phi) is 3.41. The van der Waals surface area contributed by atoms with Crippen LogP contribution in [0.1, 0.15) is 26.2 Å². The Bertz CT molecular complexity index is 785. The van der Waals surface area contributed by atoms with E-state index in [1.807, 2.05) is 6.92 Å². The molecule has 2 aromatic rings. The molecular formula is C16H16F3N3OS. The molecule has 0 unspecified atom stereocenters. The van der Waals surface area contributed by atoms with Crippen LogP contribution in [0, 0.1) is 11.8 Å². The summed E-state index contributed by atoms with van der Waals surface area (Å²) in [6.07, 6.45) is -3.28. The van der Waals surface area contributed by atoms with E-state index in [2.05, 4.69) is 10.1 Å². The fraction of sp³-hybridized carbons (Fsp3) is 0.500.